The van der Waals surface area contributed by atoms with Crippen molar-refractivity contribution >= 4 is 11.9 Å². The predicted octanol–water partition coefficient (Wildman–Crippen LogP) is 17.5. The van der Waals surface area contributed by atoms with E-state index in [0.29, 0.717) is 12.8 Å². The Kier molecular flexibility index (Phi) is 56.0. The number of aliphatic hydroxyl groups excluding tert-OH is 5. The average Bonchev–Trinajstić information content (AvgIpc) is 3.69. The van der Waals surface area contributed by atoms with Crippen LogP contribution < -0.4 is 5.32 Å². The third-order valence-corrected chi connectivity index (χ3v) is 15.7. The fraction of sp³-hybridized carbons (Fsp3) is 0.753. The molecule has 1 heterocycles. The van der Waals surface area contributed by atoms with Gasteiger partial charge in [-0.1, -0.05) is 279 Å². The molecule has 1 amide bonds. The van der Waals surface area contributed by atoms with Gasteiger partial charge in [0.05, 0.1) is 25.4 Å². The Bertz CT molecular complexity index is 1740. The molecule has 1 rings (SSSR count). The number of ether oxygens (including phenoxy) is 3. The van der Waals surface area contributed by atoms with Gasteiger partial charge in [-0.3, -0.25) is 9.59 Å². The number of nitrogens with one attached hydrogen (secondary N) is 1. The van der Waals surface area contributed by atoms with E-state index in [-0.39, 0.29) is 19.4 Å². The number of esters is 1. The van der Waals surface area contributed by atoms with Crippen molar-refractivity contribution in [3.8, 4) is 0 Å². The zero-order valence-electron chi connectivity index (χ0n) is 53.7. The van der Waals surface area contributed by atoms with E-state index in [9.17, 15) is 35.1 Å². The van der Waals surface area contributed by atoms with Crippen LogP contribution in [0.5, 0.6) is 0 Å². The minimum atomic E-state index is -1.63. The molecule has 0 aromatic rings. The molecule has 1 aliphatic rings. The second kappa shape index (κ2) is 59.9. The summed E-state index contributed by atoms with van der Waals surface area (Å²) in [6.07, 6.45) is 70.1. The largest absolute Gasteiger partial charge is 0.454 e. The number of aliphatic hydroxyl groups is 5. The molecule has 11 nitrogen and oxygen atoms in total. The van der Waals surface area contributed by atoms with E-state index in [4.69, 9.17) is 14.2 Å². The predicted molar refractivity (Wildman–Crippen MR) is 352 cm³/mol. The molecular formula is C73H127NO10. The highest BCUT2D eigenvalue weighted by Crippen LogP contribution is 2.26. The van der Waals surface area contributed by atoms with Crippen LogP contribution >= 0.6 is 0 Å². The van der Waals surface area contributed by atoms with Gasteiger partial charge in [0.1, 0.15) is 24.4 Å². The maximum atomic E-state index is 13.5. The van der Waals surface area contributed by atoms with Crippen LogP contribution in [0, 0.1) is 0 Å². The maximum absolute atomic E-state index is 13.5. The van der Waals surface area contributed by atoms with Crippen molar-refractivity contribution in [2.75, 3.05) is 13.2 Å². The van der Waals surface area contributed by atoms with E-state index >= 15 is 0 Å². The molecule has 6 N–H and O–H groups in total. The van der Waals surface area contributed by atoms with Crippen molar-refractivity contribution in [2.24, 2.45) is 0 Å². The van der Waals surface area contributed by atoms with Crippen LogP contribution in [-0.2, 0) is 23.8 Å². The maximum Gasteiger partial charge on any atom is 0.306 e. The van der Waals surface area contributed by atoms with Crippen molar-refractivity contribution < 1.29 is 49.3 Å². The number of rotatable bonds is 58. The average molecular weight is 1180 g/mol. The van der Waals surface area contributed by atoms with Crippen LogP contribution in [0.2, 0.25) is 0 Å². The molecule has 0 bridgehead atoms. The van der Waals surface area contributed by atoms with Gasteiger partial charge in [0, 0.05) is 6.42 Å². The number of hydrogen-bond acceptors (Lipinski definition) is 10. The zero-order valence-corrected chi connectivity index (χ0v) is 53.7. The Morgan fingerprint density at radius 2 is 0.857 bits per heavy atom. The number of hydrogen-bond donors (Lipinski definition) is 6. The third-order valence-electron chi connectivity index (χ3n) is 15.7. The lowest BCUT2D eigenvalue weighted by Gasteiger charge is -2.41. The van der Waals surface area contributed by atoms with Crippen LogP contribution in [-0.4, -0.2) is 99.6 Å². The molecule has 0 aliphatic carbocycles. The summed E-state index contributed by atoms with van der Waals surface area (Å²) in [5.74, 6) is -1.21. The monoisotopic (exact) mass is 1180 g/mol. The Hall–Kier alpha value is -3.42. The van der Waals surface area contributed by atoms with Gasteiger partial charge in [0.25, 0.3) is 0 Å². The summed E-state index contributed by atoms with van der Waals surface area (Å²) in [7, 11) is 0. The SMILES string of the molecule is CC/C=C\C/C=C\C/C=C\C/C=C\C/C=C\C/C=C\CCCCCCCCC(=O)OC1C(OCC(NC(=O)C(O)CCCCCCCCCC/C=C/CCCCCCCC)C(O)/C=C/CCCCCCCCCCCC)OC(CO)C(O)C1O. The quantitative estimate of drug-likeness (QED) is 0.0195. The summed E-state index contributed by atoms with van der Waals surface area (Å²) in [5, 5.41) is 57.2. The fourth-order valence-corrected chi connectivity index (χ4v) is 10.3. The van der Waals surface area contributed by atoms with E-state index in [1.807, 2.05) is 6.08 Å². The van der Waals surface area contributed by atoms with E-state index in [1.54, 1.807) is 6.08 Å². The second-order valence-corrected chi connectivity index (χ2v) is 23.5. The lowest BCUT2D eigenvalue weighted by atomic mass is 9.99. The first-order chi connectivity index (χ1) is 41.2. The van der Waals surface area contributed by atoms with Crippen LogP contribution in [0.15, 0.2) is 97.2 Å². The molecule has 484 valence electrons. The van der Waals surface area contributed by atoms with Crippen molar-refractivity contribution in [3.63, 3.8) is 0 Å². The van der Waals surface area contributed by atoms with E-state index < -0.39 is 67.4 Å². The first-order valence-electron chi connectivity index (χ1n) is 34.5. The van der Waals surface area contributed by atoms with Crippen LogP contribution in [0.25, 0.3) is 0 Å². The van der Waals surface area contributed by atoms with Crippen molar-refractivity contribution in [2.45, 2.75) is 339 Å². The van der Waals surface area contributed by atoms with Crippen molar-refractivity contribution in [1.29, 1.82) is 0 Å². The molecule has 0 spiro atoms. The smallest absolute Gasteiger partial charge is 0.306 e. The molecule has 1 fully saturated rings. The highest BCUT2D eigenvalue weighted by molar-refractivity contribution is 5.80. The molecule has 84 heavy (non-hydrogen) atoms. The molecule has 8 unspecified atom stereocenters. The number of unbranched alkanes of at least 4 members (excludes halogenated alkanes) is 30. The summed E-state index contributed by atoms with van der Waals surface area (Å²) in [4.78, 5) is 26.6. The van der Waals surface area contributed by atoms with E-state index in [1.165, 1.54) is 122 Å². The fourth-order valence-electron chi connectivity index (χ4n) is 10.3. The Morgan fingerprint density at radius 3 is 1.30 bits per heavy atom. The minimum Gasteiger partial charge on any atom is -0.454 e. The summed E-state index contributed by atoms with van der Waals surface area (Å²) in [6.45, 7) is 5.68. The zero-order chi connectivity index (χ0) is 61.0. The van der Waals surface area contributed by atoms with Gasteiger partial charge in [-0.2, -0.15) is 0 Å². The number of carbonyl (C=O) groups is 2. The molecule has 11 heteroatoms. The van der Waals surface area contributed by atoms with Crippen LogP contribution in [0.3, 0.4) is 0 Å². The lowest BCUT2D eigenvalue weighted by Crippen LogP contribution is -2.61. The summed E-state index contributed by atoms with van der Waals surface area (Å²) < 4.78 is 17.7. The highest BCUT2D eigenvalue weighted by atomic mass is 16.7. The molecule has 0 saturated carbocycles. The van der Waals surface area contributed by atoms with E-state index in [0.717, 1.165) is 122 Å². The Balaban J connectivity index is 2.61. The lowest BCUT2D eigenvalue weighted by molar-refractivity contribution is -0.305. The molecule has 1 aliphatic heterocycles. The van der Waals surface area contributed by atoms with Gasteiger partial charge in [0.2, 0.25) is 5.91 Å². The van der Waals surface area contributed by atoms with Gasteiger partial charge >= 0.3 is 5.97 Å². The first kappa shape index (κ1) is 78.6. The van der Waals surface area contributed by atoms with Crippen LogP contribution in [0.1, 0.15) is 290 Å². The molecule has 0 radical (unpaired) electrons. The third kappa shape index (κ3) is 46.8. The summed E-state index contributed by atoms with van der Waals surface area (Å²) in [6, 6.07) is -1.03. The van der Waals surface area contributed by atoms with Gasteiger partial charge in [-0.05, 0) is 103 Å². The second-order valence-electron chi connectivity index (χ2n) is 23.5. The van der Waals surface area contributed by atoms with Gasteiger partial charge < -0.3 is 45.1 Å². The number of carbonyl (C=O) groups excluding carboxylic acids is 2. The molecule has 0 aromatic heterocycles. The van der Waals surface area contributed by atoms with Gasteiger partial charge in [-0.15, -0.1) is 0 Å². The molecule has 1 saturated heterocycles. The van der Waals surface area contributed by atoms with E-state index in [2.05, 4.69) is 111 Å². The molecule has 0 aromatic carbocycles. The van der Waals surface area contributed by atoms with Crippen LogP contribution in [0.4, 0.5) is 0 Å². The Labute approximate surface area is 514 Å². The first-order valence-corrected chi connectivity index (χ1v) is 34.5. The molecule has 8 atom stereocenters. The minimum absolute atomic E-state index is 0.102. The number of amides is 1. The number of allylic oxidation sites excluding steroid dienone is 15. The standard InChI is InChI=1S/C73H127NO10/c1-4-7-10-13-16-19-22-25-27-29-31-32-33-34-35-36-37-39-41-43-46-49-52-55-58-61-68(78)84-71-70(80)69(79)67(62-75)83-73(71)82-63-64(65(76)59-56-53-50-47-44-24-21-18-15-12-9-6-3)74-72(81)66(77)60-57-54-51-48-45-42-40-38-30-28-26-23-20-17-14-11-8-5-2/h7,10,16,19,25-28,31-32,34-35,37,39,56,59,64-67,69-71,73,75-77,79-80H,4-6,8-9,11-15,17-18,20-24,29-30,33,36,38,40-55,57-58,60-63H2,1-3H3,(H,74,81)/b10-7-,19-16-,27-25-,28-26+,32-31-,35-34-,39-37-,59-56+. The van der Waals surface area contributed by atoms with Gasteiger partial charge in [-0.25, -0.2) is 0 Å². The topological polar surface area (TPSA) is 175 Å². The van der Waals surface area contributed by atoms with Gasteiger partial charge in [0.15, 0.2) is 12.4 Å². The van der Waals surface area contributed by atoms with Crippen molar-refractivity contribution in [1.82, 2.24) is 5.32 Å². The molecular weight excluding hydrogens is 1050 g/mol. The normalized spacial score (nSPS) is 19.1. The summed E-state index contributed by atoms with van der Waals surface area (Å²) in [5.41, 5.74) is 0. The van der Waals surface area contributed by atoms with Crippen molar-refractivity contribution in [3.05, 3.63) is 97.2 Å². The highest BCUT2D eigenvalue weighted by Gasteiger charge is 2.47. The summed E-state index contributed by atoms with van der Waals surface area (Å²) >= 11 is 0. The Morgan fingerprint density at radius 1 is 0.476 bits per heavy atom.